The first-order chi connectivity index (χ1) is 13.0. The third kappa shape index (κ3) is 4.57. The number of halogens is 2. The lowest BCUT2D eigenvalue weighted by atomic mass is 10.1. The average molecular weight is 455 g/mol. The van der Waals surface area contributed by atoms with Gasteiger partial charge in [-0.25, -0.2) is 0 Å². The van der Waals surface area contributed by atoms with Gasteiger partial charge in [0.2, 0.25) is 0 Å². The molecule has 3 rings (SSSR count). The molecular formula is C20H21BrClNO4. The van der Waals surface area contributed by atoms with E-state index >= 15 is 0 Å². The molecule has 0 spiro atoms. The Morgan fingerprint density at radius 1 is 1.33 bits per heavy atom. The van der Waals surface area contributed by atoms with E-state index in [2.05, 4.69) is 15.9 Å². The van der Waals surface area contributed by atoms with Gasteiger partial charge in [0.1, 0.15) is 6.10 Å². The second kappa shape index (κ2) is 8.95. The van der Waals surface area contributed by atoms with E-state index in [1.165, 1.54) is 7.11 Å². The van der Waals surface area contributed by atoms with Crippen molar-refractivity contribution in [1.29, 1.82) is 0 Å². The normalized spacial score (nSPS) is 16.9. The van der Waals surface area contributed by atoms with Gasteiger partial charge in [-0.15, -0.1) is 0 Å². The predicted molar refractivity (Wildman–Crippen MR) is 108 cm³/mol. The Bertz CT molecular complexity index is 812. The number of hydrogen-bond donors (Lipinski definition) is 0. The third-order valence-corrected chi connectivity index (χ3v) is 5.17. The molecule has 1 heterocycles. The number of amides is 1. The van der Waals surface area contributed by atoms with Gasteiger partial charge in [-0.3, -0.25) is 4.79 Å². The van der Waals surface area contributed by atoms with Crippen molar-refractivity contribution >= 4 is 33.4 Å². The van der Waals surface area contributed by atoms with Crippen LogP contribution < -0.4 is 9.47 Å². The lowest BCUT2D eigenvalue weighted by Crippen LogP contribution is -2.42. The van der Waals surface area contributed by atoms with E-state index in [0.717, 1.165) is 10.0 Å². The molecule has 0 aliphatic carbocycles. The van der Waals surface area contributed by atoms with Crippen molar-refractivity contribution < 1.29 is 19.0 Å². The molecule has 1 atom stereocenters. The number of benzene rings is 2. The van der Waals surface area contributed by atoms with E-state index in [-0.39, 0.29) is 12.0 Å². The minimum atomic E-state index is -0.157. The van der Waals surface area contributed by atoms with Crippen molar-refractivity contribution in [3.05, 3.63) is 57.0 Å². The van der Waals surface area contributed by atoms with Crippen LogP contribution in [0.4, 0.5) is 0 Å². The molecule has 0 bridgehead atoms. The van der Waals surface area contributed by atoms with Crippen molar-refractivity contribution in [2.24, 2.45) is 0 Å². The summed E-state index contributed by atoms with van der Waals surface area (Å²) in [5.74, 6) is 0.794. The van der Waals surface area contributed by atoms with E-state index in [9.17, 15) is 4.79 Å². The second-order valence-corrected chi connectivity index (χ2v) is 7.41. The minimum absolute atomic E-state index is 0.108. The standard InChI is InChI=1S/C20H21BrClNO4/c1-3-26-19-16(22)10-14(11-17(19)25-2)20(24)23-8-9-27-18(12-23)13-4-6-15(21)7-5-13/h4-7,10-11,18H,3,8-9,12H2,1-2H3. The van der Waals surface area contributed by atoms with Crippen LogP contribution in [0, 0.1) is 0 Å². The molecule has 1 unspecified atom stereocenters. The van der Waals surface area contributed by atoms with Crippen molar-refractivity contribution in [1.82, 2.24) is 4.90 Å². The number of carbonyl (C=O) groups excluding carboxylic acids is 1. The van der Waals surface area contributed by atoms with Crippen LogP contribution in [0.5, 0.6) is 11.5 Å². The summed E-state index contributed by atoms with van der Waals surface area (Å²) in [5, 5.41) is 0.359. The van der Waals surface area contributed by atoms with E-state index in [1.54, 1.807) is 17.0 Å². The Hall–Kier alpha value is -1.76. The maximum Gasteiger partial charge on any atom is 0.254 e. The van der Waals surface area contributed by atoms with Crippen LogP contribution in [0.2, 0.25) is 5.02 Å². The fourth-order valence-corrected chi connectivity index (χ4v) is 3.55. The van der Waals surface area contributed by atoms with Gasteiger partial charge in [-0.05, 0) is 36.8 Å². The highest BCUT2D eigenvalue weighted by Gasteiger charge is 2.27. The number of morpholine rings is 1. The Kier molecular flexibility index (Phi) is 6.63. The molecule has 2 aromatic carbocycles. The van der Waals surface area contributed by atoms with E-state index in [4.69, 9.17) is 25.8 Å². The van der Waals surface area contributed by atoms with Crippen LogP contribution >= 0.6 is 27.5 Å². The number of hydrogen-bond acceptors (Lipinski definition) is 4. The molecule has 1 fully saturated rings. The first-order valence-electron chi connectivity index (χ1n) is 8.70. The molecule has 1 saturated heterocycles. The summed E-state index contributed by atoms with van der Waals surface area (Å²) in [6.45, 7) is 3.81. The molecule has 27 heavy (non-hydrogen) atoms. The lowest BCUT2D eigenvalue weighted by Gasteiger charge is -2.33. The fraction of sp³-hybridized carbons (Fsp3) is 0.350. The molecule has 1 aliphatic heterocycles. The number of methoxy groups -OCH3 is 1. The fourth-order valence-electron chi connectivity index (χ4n) is 3.02. The predicted octanol–water partition coefficient (Wildman–Crippen LogP) is 4.72. The van der Waals surface area contributed by atoms with Crippen molar-refractivity contribution in [2.75, 3.05) is 33.4 Å². The maximum absolute atomic E-state index is 13.0. The first-order valence-corrected chi connectivity index (χ1v) is 9.87. The lowest BCUT2D eigenvalue weighted by molar-refractivity contribution is -0.0228. The molecule has 0 saturated carbocycles. The summed E-state index contributed by atoms with van der Waals surface area (Å²) in [4.78, 5) is 14.8. The summed E-state index contributed by atoms with van der Waals surface area (Å²) >= 11 is 9.74. The SMILES string of the molecule is CCOc1c(Cl)cc(C(=O)N2CCOC(c3ccc(Br)cc3)C2)cc1OC. The Labute approximate surface area is 172 Å². The Balaban J connectivity index is 1.80. The highest BCUT2D eigenvalue weighted by atomic mass is 79.9. The molecule has 144 valence electrons. The minimum Gasteiger partial charge on any atom is -0.493 e. The van der Waals surface area contributed by atoms with Crippen molar-refractivity contribution in [3.8, 4) is 11.5 Å². The van der Waals surface area contributed by atoms with Crippen LogP contribution in [-0.2, 0) is 4.74 Å². The van der Waals surface area contributed by atoms with Gasteiger partial charge in [0, 0.05) is 16.6 Å². The molecule has 0 radical (unpaired) electrons. The van der Waals surface area contributed by atoms with Gasteiger partial charge in [0.05, 0.1) is 31.9 Å². The van der Waals surface area contributed by atoms with Gasteiger partial charge < -0.3 is 19.1 Å². The maximum atomic E-state index is 13.0. The van der Waals surface area contributed by atoms with Crippen LogP contribution in [0.1, 0.15) is 28.9 Å². The monoisotopic (exact) mass is 453 g/mol. The third-order valence-electron chi connectivity index (χ3n) is 4.36. The Morgan fingerprint density at radius 3 is 2.74 bits per heavy atom. The molecule has 2 aromatic rings. The molecule has 5 nitrogen and oxygen atoms in total. The Morgan fingerprint density at radius 2 is 2.07 bits per heavy atom. The molecular weight excluding hydrogens is 434 g/mol. The summed E-state index contributed by atoms with van der Waals surface area (Å²) in [6, 6.07) is 11.2. The second-order valence-electron chi connectivity index (χ2n) is 6.08. The van der Waals surface area contributed by atoms with Crippen LogP contribution in [0.15, 0.2) is 40.9 Å². The zero-order chi connectivity index (χ0) is 19.4. The van der Waals surface area contributed by atoms with Crippen molar-refractivity contribution in [3.63, 3.8) is 0 Å². The molecule has 0 aromatic heterocycles. The van der Waals surface area contributed by atoms with E-state index < -0.39 is 0 Å². The smallest absolute Gasteiger partial charge is 0.254 e. The zero-order valence-electron chi connectivity index (χ0n) is 15.2. The van der Waals surface area contributed by atoms with Gasteiger partial charge in [-0.2, -0.15) is 0 Å². The van der Waals surface area contributed by atoms with Crippen LogP contribution in [0.25, 0.3) is 0 Å². The summed E-state index contributed by atoms with van der Waals surface area (Å²) in [5.41, 5.74) is 1.51. The highest BCUT2D eigenvalue weighted by Crippen LogP contribution is 2.37. The number of rotatable bonds is 5. The summed E-state index contributed by atoms with van der Waals surface area (Å²) in [7, 11) is 1.53. The first kappa shape index (κ1) is 20.0. The summed E-state index contributed by atoms with van der Waals surface area (Å²) < 4.78 is 17.7. The largest absolute Gasteiger partial charge is 0.493 e. The van der Waals surface area contributed by atoms with Gasteiger partial charge >= 0.3 is 0 Å². The highest BCUT2D eigenvalue weighted by molar-refractivity contribution is 9.10. The molecule has 1 amide bonds. The molecule has 1 aliphatic rings. The van der Waals surface area contributed by atoms with Crippen LogP contribution in [0.3, 0.4) is 0 Å². The van der Waals surface area contributed by atoms with Gasteiger partial charge in [-0.1, -0.05) is 39.7 Å². The van der Waals surface area contributed by atoms with Gasteiger partial charge in [0.15, 0.2) is 11.5 Å². The van der Waals surface area contributed by atoms with Crippen LogP contribution in [-0.4, -0.2) is 44.2 Å². The number of nitrogens with zero attached hydrogens (tertiary/aromatic N) is 1. The van der Waals surface area contributed by atoms with E-state index in [1.807, 2.05) is 31.2 Å². The number of ether oxygens (including phenoxy) is 3. The molecule has 7 heteroatoms. The summed E-state index contributed by atoms with van der Waals surface area (Å²) in [6.07, 6.45) is -0.157. The average Bonchev–Trinajstić information content (AvgIpc) is 2.69. The zero-order valence-corrected chi connectivity index (χ0v) is 17.5. The quantitative estimate of drug-likeness (QED) is 0.656. The van der Waals surface area contributed by atoms with E-state index in [0.29, 0.717) is 48.4 Å². The van der Waals surface area contributed by atoms with Crippen molar-refractivity contribution in [2.45, 2.75) is 13.0 Å². The molecule has 0 N–H and O–H groups in total. The van der Waals surface area contributed by atoms with Gasteiger partial charge in [0.25, 0.3) is 5.91 Å². The number of carbonyl (C=O) groups is 1. The topological polar surface area (TPSA) is 48.0 Å².